The Balaban J connectivity index is 1.90. The average molecular weight is 379 g/mol. The van der Waals surface area contributed by atoms with E-state index < -0.39 is 0 Å². The molecular formula is C17H16BrFN2O2. The van der Waals surface area contributed by atoms with Crippen molar-refractivity contribution in [2.24, 2.45) is 0 Å². The molecule has 0 heterocycles. The van der Waals surface area contributed by atoms with Crippen LogP contribution in [-0.4, -0.2) is 30.3 Å². The van der Waals surface area contributed by atoms with E-state index in [1.807, 2.05) is 12.1 Å². The number of para-hydroxylation sites is 1. The highest BCUT2D eigenvalue weighted by atomic mass is 79.9. The van der Waals surface area contributed by atoms with Crippen molar-refractivity contribution in [1.29, 1.82) is 0 Å². The second kappa shape index (κ2) is 7.87. The van der Waals surface area contributed by atoms with Crippen LogP contribution in [0.1, 0.15) is 5.56 Å². The van der Waals surface area contributed by atoms with Crippen LogP contribution in [0.2, 0.25) is 0 Å². The second-order valence-electron chi connectivity index (χ2n) is 5.08. The van der Waals surface area contributed by atoms with Gasteiger partial charge in [-0.3, -0.25) is 9.59 Å². The van der Waals surface area contributed by atoms with E-state index >= 15 is 0 Å². The first-order valence-corrected chi connectivity index (χ1v) is 7.78. The number of nitrogens with zero attached hydrogens (tertiary/aromatic N) is 1. The van der Waals surface area contributed by atoms with Gasteiger partial charge in [0, 0.05) is 11.5 Å². The molecule has 0 fully saturated rings. The molecule has 1 N–H and O–H groups in total. The zero-order valence-corrected chi connectivity index (χ0v) is 14.1. The highest BCUT2D eigenvalue weighted by molar-refractivity contribution is 9.10. The molecule has 6 heteroatoms. The molecule has 0 aliphatic rings. The number of hydrogen-bond acceptors (Lipinski definition) is 2. The predicted molar refractivity (Wildman–Crippen MR) is 90.5 cm³/mol. The van der Waals surface area contributed by atoms with E-state index in [1.165, 1.54) is 17.0 Å². The molecule has 0 bridgehead atoms. The van der Waals surface area contributed by atoms with Gasteiger partial charge in [-0.25, -0.2) is 4.39 Å². The Hall–Kier alpha value is -2.21. The summed E-state index contributed by atoms with van der Waals surface area (Å²) in [6.07, 6.45) is 0.0522. The standard InChI is InChI=1S/C17H16BrFN2O2/c1-21(17(23)10-12-5-4-6-13(19)9-12)11-16(22)20-15-8-3-2-7-14(15)18/h2-9H,10-11H2,1H3,(H,20,22). The summed E-state index contributed by atoms with van der Waals surface area (Å²) in [5.74, 6) is -0.936. The van der Waals surface area contributed by atoms with Gasteiger partial charge in [-0.2, -0.15) is 0 Å². The minimum atomic E-state index is -0.385. The number of hydrogen-bond donors (Lipinski definition) is 1. The summed E-state index contributed by atoms with van der Waals surface area (Å²) in [5.41, 5.74) is 1.22. The molecule has 0 atom stereocenters. The molecule has 0 saturated heterocycles. The minimum absolute atomic E-state index is 0.0522. The molecule has 0 spiro atoms. The molecule has 2 aromatic rings. The SMILES string of the molecule is CN(CC(=O)Nc1ccccc1Br)C(=O)Cc1cccc(F)c1. The Bertz CT molecular complexity index is 721. The van der Waals surface area contributed by atoms with Gasteiger partial charge in [0.2, 0.25) is 11.8 Å². The highest BCUT2D eigenvalue weighted by Crippen LogP contribution is 2.21. The van der Waals surface area contributed by atoms with E-state index in [-0.39, 0.29) is 30.6 Å². The topological polar surface area (TPSA) is 49.4 Å². The third kappa shape index (κ3) is 5.17. The molecule has 23 heavy (non-hydrogen) atoms. The molecule has 2 rings (SSSR count). The van der Waals surface area contributed by atoms with Gasteiger partial charge in [-0.1, -0.05) is 24.3 Å². The van der Waals surface area contributed by atoms with Crippen LogP contribution >= 0.6 is 15.9 Å². The molecular weight excluding hydrogens is 363 g/mol. The van der Waals surface area contributed by atoms with Gasteiger partial charge in [0.1, 0.15) is 5.82 Å². The van der Waals surface area contributed by atoms with Crippen LogP contribution < -0.4 is 5.32 Å². The number of amides is 2. The number of carbonyl (C=O) groups excluding carboxylic acids is 2. The molecule has 0 aliphatic heterocycles. The number of anilines is 1. The Labute approximate surface area is 142 Å². The summed E-state index contributed by atoms with van der Waals surface area (Å²) in [5, 5.41) is 2.73. The van der Waals surface area contributed by atoms with Gasteiger partial charge in [-0.15, -0.1) is 0 Å². The van der Waals surface area contributed by atoms with Crippen molar-refractivity contribution in [1.82, 2.24) is 4.90 Å². The lowest BCUT2D eigenvalue weighted by Gasteiger charge is -2.17. The van der Waals surface area contributed by atoms with Crippen molar-refractivity contribution in [2.75, 3.05) is 18.9 Å². The second-order valence-corrected chi connectivity index (χ2v) is 5.94. The lowest BCUT2D eigenvalue weighted by atomic mass is 10.1. The molecule has 0 radical (unpaired) electrons. The third-order valence-electron chi connectivity index (χ3n) is 3.20. The Morgan fingerprint density at radius 3 is 2.61 bits per heavy atom. The maximum Gasteiger partial charge on any atom is 0.244 e. The Kier molecular flexibility index (Phi) is 5.87. The number of halogens is 2. The molecule has 0 aromatic heterocycles. The van der Waals surface area contributed by atoms with Crippen molar-refractivity contribution in [3.63, 3.8) is 0 Å². The monoisotopic (exact) mass is 378 g/mol. The van der Waals surface area contributed by atoms with E-state index in [4.69, 9.17) is 0 Å². The lowest BCUT2D eigenvalue weighted by Crippen LogP contribution is -2.35. The van der Waals surface area contributed by atoms with E-state index in [1.54, 1.807) is 31.3 Å². The fraction of sp³-hybridized carbons (Fsp3) is 0.176. The summed E-state index contributed by atoms with van der Waals surface area (Å²) >= 11 is 3.34. The fourth-order valence-electron chi connectivity index (χ4n) is 2.01. The number of carbonyl (C=O) groups is 2. The summed E-state index contributed by atoms with van der Waals surface area (Å²) in [6, 6.07) is 13.1. The Morgan fingerprint density at radius 1 is 1.17 bits per heavy atom. The van der Waals surface area contributed by atoms with Crippen LogP contribution in [0.25, 0.3) is 0 Å². The van der Waals surface area contributed by atoms with E-state index in [0.717, 1.165) is 4.47 Å². The van der Waals surface area contributed by atoms with Crippen LogP contribution in [-0.2, 0) is 16.0 Å². The summed E-state index contributed by atoms with van der Waals surface area (Å²) in [7, 11) is 1.54. The van der Waals surface area contributed by atoms with Gasteiger partial charge in [-0.05, 0) is 45.8 Å². The van der Waals surface area contributed by atoms with Crippen LogP contribution in [0.4, 0.5) is 10.1 Å². The maximum absolute atomic E-state index is 13.1. The molecule has 4 nitrogen and oxygen atoms in total. The number of rotatable bonds is 5. The van der Waals surface area contributed by atoms with Gasteiger partial charge >= 0.3 is 0 Å². The van der Waals surface area contributed by atoms with Gasteiger partial charge in [0.05, 0.1) is 18.7 Å². The van der Waals surface area contributed by atoms with Gasteiger partial charge in [0.25, 0.3) is 0 Å². The van der Waals surface area contributed by atoms with Gasteiger partial charge in [0.15, 0.2) is 0 Å². The molecule has 0 aliphatic carbocycles. The molecule has 2 aromatic carbocycles. The minimum Gasteiger partial charge on any atom is -0.336 e. The third-order valence-corrected chi connectivity index (χ3v) is 3.89. The van der Waals surface area contributed by atoms with E-state index in [0.29, 0.717) is 11.3 Å². The van der Waals surface area contributed by atoms with Crippen molar-refractivity contribution in [3.05, 3.63) is 64.4 Å². The number of likely N-dealkylation sites (N-methyl/N-ethyl adjacent to an activating group) is 1. The molecule has 0 saturated carbocycles. The zero-order valence-electron chi connectivity index (χ0n) is 12.6. The van der Waals surface area contributed by atoms with Crippen molar-refractivity contribution < 1.29 is 14.0 Å². The summed E-state index contributed by atoms with van der Waals surface area (Å²) < 4.78 is 13.9. The van der Waals surface area contributed by atoms with Crippen molar-refractivity contribution in [2.45, 2.75) is 6.42 Å². The lowest BCUT2D eigenvalue weighted by molar-refractivity contribution is -0.132. The van der Waals surface area contributed by atoms with Crippen LogP contribution in [0, 0.1) is 5.82 Å². The maximum atomic E-state index is 13.1. The van der Waals surface area contributed by atoms with Crippen LogP contribution in [0.15, 0.2) is 53.0 Å². The van der Waals surface area contributed by atoms with Gasteiger partial charge < -0.3 is 10.2 Å². The number of nitrogens with one attached hydrogen (secondary N) is 1. The predicted octanol–water partition coefficient (Wildman–Crippen LogP) is 3.23. The normalized spacial score (nSPS) is 10.2. The summed E-state index contributed by atoms with van der Waals surface area (Å²) in [4.78, 5) is 25.4. The Morgan fingerprint density at radius 2 is 1.91 bits per heavy atom. The largest absolute Gasteiger partial charge is 0.336 e. The highest BCUT2D eigenvalue weighted by Gasteiger charge is 2.14. The van der Waals surface area contributed by atoms with Crippen molar-refractivity contribution in [3.8, 4) is 0 Å². The van der Waals surface area contributed by atoms with E-state index in [9.17, 15) is 14.0 Å². The van der Waals surface area contributed by atoms with Crippen molar-refractivity contribution >= 4 is 33.4 Å². The molecule has 120 valence electrons. The fourth-order valence-corrected chi connectivity index (χ4v) is 2.40. The molecule has 2 amide bonds. The van der Waals surface area contributed by atoms with E-state index in [2.05, 4.69) is 21.2 Å². The quantitative estimate of drug-likeness (QED) is 0.867. The number of benzene rings is 2. The first kappa shape index (κ1) is 17.1. The molecule has 0 unspecified atom stereocenters. The van der Waals surface area contributed by atoms with Crippen LogP contribution in [0.5, 0.6) is 0 Å². The van der Waals surface area contributed by atoms with Crippen LogP contribution in [0.3, 0.4) is 0 Å². The smallest absolute Gasteiger partial charge is 0.244 e. The first-order valence-electron chi connectivity index (χ1n) is 6.98. The zero-order chi connectivity index (χ0) is 16.8. The summed E-state index contributed by atoms with van der Waals surface area (Å²) in [6.45, 7) is -0.0739. The first-order chi connectivity index (χ1) is 11.0. The average Bonchev–Trinajstić information content (AvgIpc) is 2.49.